The van der Waals surface area contributed by atoms with Crippen LogP contribution in [0.5, 0.6) is 5.75 Å². The predicted molar refractivity (Wildman–Crippen MR) is 141 cm³/mol. The van der Waals surface area contributed by atoms with E-state index in [1.807, 2.05) is 73.7 Å². The minimum atomic E-state index is -0.716. The summed E-state index contributed by atoms with van der Waals surface area (Å²) in [7, 11) is 0. The Morgan fingerprint density at radius 3 is 2.44 bits per heavy atom. The second kappa shape index (κ2) is 11.6. The molecule has 6 nitrogen and oxygen atoms in total. The Labute approximate surface area is 217 Å². The summed E-state index contributed by atoms with van der Waals surface area (Å²) in [6, 6.07) is 21.7. The first-order valence-corrected chi connectivity index (χ1v) is 12.3. The lowest BCUT2D eigenvalue weighted by Gasteiger charge is -2.36. The van der Waals surface area contributed by atoms with Crippen molar-refractivity contribution in [2.24, 2.45) is 11.1 Å². The van der Waals surface area contributed by atoms with Crippen molar-refractivity contribution in [2.75, 3.05) is 13.1 Å². The molecule has 1 aliphatic heterocycles. The van der Waals surface area contributed by atoms with E-state index in [-0.39, 0.29) is 5.92 Å². The first kappa shape index (κ1) is 25.7. The second-order valence-corrected chi connectivity index (χ2v) is 9.79. The highest BCUT2D eigenvalue weighted by Gasteiger charge is 2.32. The van der Waals surface area contributed by atoms with Gasteiger partial charge in [-0.25, -0.2) is 0 Å². The van der Waals surface area contributed by atoms with E-state index in [9.17, 15) is 4.79 Å². The van der Waals surface area contributed by atoms with Crippen LogP contribution in [0.4, 0.5) is 0 Å². The van der Waals surface area contributed by atoms with Gasteiger partial charge in [0.1, 0.15) is 12.4 Å². The molecule has 188 valence electrons. The number of carboxylic acid groups (broad SMARTS) is 1. The van der Waals surface area contributed by atoms with Gasteiger partial charge in [0.15, 0.2) is 6.10 Å². The molecule has 7 heteroatoms. The molecular formula is C29H31ClN2O4. The maximum absolute atomic E-state index is 11.0. The van der Waals surface area contributed by atoms with E-state index in [0.717, 1.165) is 34.5 Å². The van der Waals surface area contributed by atoms with Crippen LogP contribution in [0.1, 0.15) is 40.8 Å². The highest BCUT2D eigenvalue weighted by Crippen LogP contribution is 2.27. The summed E-state index contributed by atoms with van der Waals surface area (Å²) in [6.07, 6.45) is -0.445. The van der Waals surface area contributed by atoms with Crippen LogP contribution in [-0.4, -0.2) is 34.8 Å². The molecule has 0 radical (unpaired) electrons. The lowest BCUT2D eigenvalue weighted by Crippen LogP contribution is -2.49. The average molecular weight is 507 g/mol. The minimum Gasteiger partial charge on any atom is -0.481 e. The van der Waals surface area contributed by atoms with E-state index >= 15 is 0 Å². The van der Waals surface area contributed by atoms with E-state index in [0.29, 0.717) is 30.4 Å². The molecule has 0 bridgehead atoms. The van der Waals surface area contributed by atoms with Crippen molar-refractivity contribution >= 4 is 23.3 Å². The third kappa shape index (κ3) is 6.65. The number of likely N-dealkylation sites (tertiary alicyclic amines) is 1. The Morgan fingerprint density at radius 1 is 1.06 bits per heavy atom. The van der Waals surface area contributed by atoms with Gasteiger partial charge in [-0.15, -0.1) is 0 Å². The number of nitrogens with zero attached hydrogens (tertiary/aromatic N) is 2. The van der Waals surface area contributed by atoms with E-state index in [1.165, 1.54) is 5.56 Å². The van der Waals surface area contributed by atoms with Crippen LogP contribution in [0.15, 0.2) is 71.9 Å². The molecule has 3 aromatic rings. The fourth-order valence-corrected chi connectivity index (χ4v) is 4.30. The maximum atomic E-state index is 11.0. The van der Waals surface area contributed by atoms with Crippen LogP contribution in [-0.2, 0) is 22.8 Å². The quantitative estimate of drug-likeness (QED) is 0.262. The molecule has 1 unspecified atom stereocenters. The Balaban J connectivity index is 1.38. The molecule has 1 aliphatic rings. The highest BCUT2D eigenvalue weighted by molar-refractivity contribution is 6.30. The van der Waals surface area contributed by atoms with Crippen molar-refractivity contribution in [3.8, 4) is 5.75 Å². The van der Waals surface area contributed by atoms with Crippen molar-refractivity contribution in [3.63, 3.8) is 0 Å². The van der Waals surface area contributed by atoms with E-state index in [4.69, 9.17) is 26.3 Å². The van der Waals surface area contributed by atoms with Crippen molar-refractivity contribution in [2.45, 2.75) is 40.0 Å². The van der Waals surface area contributed by atoms with Crippen LogP contribution in [0, 0.1) is 19.8 Å². The SMILES string of the molecule is CC(=NOCc1ccc(CN2CC(C(=O)O)C2)cc1)C(Oc1ccc(C)c(C)c1)c1cccc(Cl)c1. The van der Waals surface area contributed by atoms with Crippen molar-refractivity contribution in [3.05, 3.63) is 99.6 Å². The van der Waals surface area contributed by atoms with Gasteiger partial charge in [0.2, 0.25) is 0 Å². The number of halogens is 1. The van der Waals surface area contributed by atoms with Gasteiger partial charge in [-0.2, -0.15) is 0 Å². The van der Waals surface area contributed by atoms with Crippen molar-refractivity contribution in [1.29, 1.82) is 0 Å². The lowest BCUT2D eigenvalue weighted by molar-refractivity contribution is -0.147. The Hall–Kier alpha value is -3.35. The molecular weight excluding hydrogens is 476 g/mol. The first-order chi connectivity index (χ1) is 17.3. The van der Waals surface area contributed by atoms with Crippen LogP contribution in [0.3, 0.4) is 0 Å². The number of carbonyl (C=O) groups is 1. The normalized spacial score (nSPS) is 15.3. The van der Waals surface area contributed by atoms with Crippen LogP contribution in [0.2, 0.25) is 5.02 Å². The summed E-state index contributed by atoms with van der Waals surface area (Å²) in [4.78, 5) is 18.8. The molecule has 36 heavy (non-hydrogen) atoms. The molecule has 1 atom stereocenters. The molecule has 1 heterocycles. The number of ether oxygens (including phenoxy) is 1. The molecule has 0 spiro atoms. The number of aryl methyl sites for hydroxylation is 2. The van der Waals surface area contributed by atoms with Crippen LogP contribution in [0.25, 0.3) is 0 Å². The summed E-state index contributed by atoms with van der Waals surface area (Å²) < 4.78 is 6.34. The summed E-state index contributed by atoms with van der Waals surface area (Å²) in [5.74, 6) is -0.204. The molecule has 0 aromatic heterocycles. The number of hydrogen-bond donors (Lipinski definition) is 1. The van der Waals surface area contributed by atoms with E-state index in [2.05, 4.69) is 23.9 Å². The first-order valence-electron chi connectivity index (χ1n) is 12.0. The van der Waals surface area contributed by atoms with Gasteiger partial charge in [0.05, 0.1) is 11.6 Å². The van der Waals surface area contributed by atoms with Gasteiger partial charge in [0.25, 0.3) is 0 Å². The van der Waals surface area contributed by atoms with Crippen molar-refractivity contribution < 1.29 is 19.5 Å². The molecule has 1 N–H and O–H groups in total. The Kier molecular flexibility index (Phi) is 8.28. The number of benzene rings is 3. The largest absolute Gasteiger partial charge is 0.481 e. The Bertz CT molecular complexity index is 1240. The number of rotatable bonds is 10. The zero-order chi connectivity index (χ0) is 25.7. The molecule has 0 aliphatic carbocycles. The molecule has 0 saturated carbocycles. The number of oxime groups is 1. The standard InChI is InChI=1S/C29H31ClN2O4/c1-19-7-12-27(13-20(19)2)36-28(24-5-4-6-26(30)14-24)21(3)31-35-18-23-10-8-22(9-11-23)15-32-16-25(17-32)29(33)34/h4-14,25,28H,15-18H2,1-3H3,(H,33,34). The summed E-state index contributed by atoms with van der Waals surface area (Å²) in [5.41, 5.74) is 6.07. The van der Waals surface area contributed by atoms with Gasteiger partial charge < -0.3 is 14.7 Å². The van der Waals surface area contributed by atoms with Gasteiger partial charge in [-0.05, 0) is 72.9 Å². The smallest absolute Gasteiger partial charge is 0.309 e. The average Bonchev–Trinajstić information content (AvgIpc) is 2.82. The monoisotopic (exact) mass is 506 g/mol. The third-order valence-electron chi connectivity index (χ3n) is 6.44. The molecule has 1 saturated heterocycles. The molecule has 3 aromatic carbocycles. The van der Waals surface area contributed by atoms with Gasteiger partial charge in [-0.3, -0.25) is 9.69 Å². The zero-order valence-electron chi connectivity index (χ0n) is 20.8. The summed E-state index contributed by atoms with van der Waals surface area (Å²) in [6.45, 7) is 8.29. The second-order valence-electron chi connectivity index (χ2n) is 9.35. The lowest BCUT2D eigenvalue weighted by atomic mass is 9.99. The fourth-order valence-electron chi connectivity index (χ4n) is 4.10. The van der Waals surface area contributed by atoms with Crippen LogP contribution < -0.4 is 4.74 Å². The minimum absolute atomic E-state index is 0.242. The molecule has 1 fully saturated rings. The number of carboxylic acids is 1. The van der Waals surface area contributed by atoms with Crippen molar-refractivity contribution in [1.82, 2.24) is 4.90 Å². The number of aliphatic carboxylic acids is 1. The predicted octanol–water partition coefficient (Wildman–Crippen LogP) is 6.19. The highest BCUT2D eigenvalue weighted by atomic mass is 35.5. The summed E-state index contributed by atoms with van der Waals surface area (Å²) >= 11 is 6.25. The van der Waals surface area contributed by atoms with Crippen LogP contribution >= 0.6 is 11.6 Å². The number of hydrogen-bond acceptors (Lipinski definition) is 5. The topological polar surface area (TPSA) is 71.4 Å². The zero-order valence-corrected chi connectivity index (χ0v) is 21.5. The Morgan fingerprint density at radius 2 is 1.78 bits per heavy atom. The fraction of sp³-hybridized carbons (Fsp3) is 0.310. The molecule has 0 amide bonds. The molecule has 4 rings (SSSR count). The van der Waals surface area contributed by atoms with Gasteiger partial charge in [0, 0.05) is 24.7 Å². The van der Waals surface area contributed by atoms with Gasteiger partial charge >= 0.3 is 5.97 Å². The van der Waals surface area contributed by atoms with E-state index < -0.39 is 12.1 Å². The summed E-state index contributed by atoms with van der Waals surface area (Å²) in [5, 5.41) is 14.0. The van der Waals surface area contributed by atoms with E-state index in [1.54, 1.807) is 0 Å². The maximum Gasteiger partial charge on any atom is 0.309 e. The third-order valence-corrected chi connectivity index (χ3v) is 6.67. The van der Waals surface area contributed by atoms with Gasteiger partial charge in [-0.1, -0.05) is 59.2 Å².